The van der Waals surface area contributed by atoms with E-state index in [0.29, 0.717) is 0 Å². The van der Waals surface area contributed by atoms with Gasteiger partial charge in [-0.3, -0.25) is 0 Å². The SMILES string of the molecule is Cc1cccn2c(CC3CCCNC3)nc(Br)c12. The number of rotatable bonds is 2. The van der Waals surface area contributed by atoms with Crippen molar-refractivity contribution in [3.05, 3.63) is 34.3 Å². The Kier molecular flexibility index (Phi) is 3.39. The number of piperidine rings is 1. The van der Waals surface area contributed by atoms with Crippen LogP contribution in [0.3, 0.4) is 0 Å². The van der Waals surface area contributed by atoms with Gasteiger partial charge in [0.1, 0.15) is 10.4 Å². The summed E-state index contributed by atoms with van der Waals surface area (Å²) in [5.74, 6) is 1.89. The van der Waals surface area contributed by atoms with Gasteiger partial charge in [0.15, 0.2) is 0 Å². The lowest BCUT2D eigenvalue weighted by molar-refractivity contribution is 0.370. The molecule has 0 amide bonds. The zero-order valence-electron chi connectivity index (χ0n) is 10.6. The van der Waals surface area contributed by atoms with E-state index in [1.54, 1.807) is 0 Å². The van der Waals surface area contributed by atoms with Crippen LogP contribution in [-0.4, -0.2) is 22.5 Å². The van der Waals surface area contributed by atoms with Gasteiger partial charge in [-0.05, 0) is 66.3 Å². The Morgan fingerprint density at radius 2 is 2.44 bits per heavy atom. The number of aromatic nitrogens is 2. The van der Waals surface area contributed by atoms with Gasteiger partial charge in [-0.2, -0.15) is 0 Å². The van der Waals surface area contributed by atoms with E-state index in [0.717, 1.165) is 23.5 Å². The van der Waals surface area contributed by atoms with Gasteiger partial charge in [0.05, 0.1) is 5.52 Å². The zero-order valence-corrected chi connectivity index (χ0v) is 12.2. The van der Waals surface area contributed by atoms with E-state index in [1.807, 2.05) is 0 Å². The standard InChI is InChI=1S/C14H18BrN3/c1-10-4-3-7-18-12(17-14(15)13(10)18)8-11-5-2-6-16-9-11/h3-4,7,11,16H,2,5-6,8-9H2,1H3. The third-order valence-corrected chi connectivity index (χ3v) is 4.32. The van der Waals surface area contributed by atoms with E-state index < -0.39 is 0 Å². The average Bonchev–Trinajstić information content (AvgIpc) is 2.69. The molecular weight excluding hydrogens is 290 g/mol. The van der Waals surface area contributed by atoms with Gasteiger partial charge in [0.2, 0.25) is 0 Å². The van der Waals surface area contributed by atoms with Gasteiger partial charge in [-0.15, -0.1) is 0 Å². The van der Waals surface area contributed by atoms with Gasteiger partial charge in [-0.1, -0.05) is 6.07 Å². The Morgan fingerprint density at radius 1 is 1.56 bits per heavy atom. The number of hydrogen-bond acceptors (Lipinski definition) is 2. The van der Waals surface area contributed by atoms with Gasteiger partial charge < -0.3 is 9.72 Å². The predicted molar refractivity (Wildman–Crippen MR) is 76.9 cm³/mol. The molecule has 1 saturated heterocycles. The number of nitrogens with zero attached hydrogens (tertiary/aromatic N) is 2. The van der Waals surface area contributed by atoms with Crippen molar-refractivity contribution in [3.63, 3.8) is 0 Å². The normalized spacial score (nSPS) is 20.4. The molecule has 96 valence electrons. The largest absolute Gasteiger partial charge is 0.316 e. The molecule has 0 aliphatic carbocycles. The second-order valence-electron chi connectivity index (χ2n) is 5.15. The maximum atomic E-state index is 4.70. The van der Waals surface area contributed by atoms with Crippen molar-refractivity contribution in [1.82, 2.24) is 14.7 Å². The fourth-order valence-electron chi connectivity index (χ4n) is 2.81. The fourth-order valence-corrected chi connectivity index (χ4v) is 3.52. The van der Waals surface area contributed by atoms with E-state index in [-0.39, 0.29) is 0 Å². The first-order valence-corrected chi connectivity index (χ1v) is 7.38. The van der Waals surface area contributed by atoms with Crippen molar-refractivity contribution < 1.29 is 0 Å². The third kappa shape index (κ3) is 2.19. The van der Waals surface area contributed by atoms with Crippen LogP contribution >= 0.6 is 15.9 Å². The molecule has 1 N–H and O–H groups in total. The summed E-state index contributed by atoms with van der Waals surface area (Å²) in [5, 5.41) is 3.47. The molecular formula is C14H18BrN3. The lowest BCUT2D eigenvalue weighted by Crippen LogP contribution is -2.31. The van der Waals surface area contributed by atoms with Crippen LogP contribution in [0.1, 0.15) is 24.2 Å². The Balaban J connectivity index is 1.94. The molecule has 0 radical (unpaired) electrons. The minimum Gasteiger partial charge on any atom is -0.316 e. The average molecular weight is 308 g/mol. The number of nitrogens with one attached hydrogen (secondary N) is 1. The minimum atomic E-state index is 0.719. The number of pyridine rings is 1. The van der Waals surface area contributed by atoms with Crippen molar-refractivity contribution >= 4 is 21.4 Å². The van der Waals surface area contributed by atoms with Crippen molar-refractivity contribution in [3.8, 4) is 0 Å². The second-order valence-corrected chi connectivity index (χ2v) is 5.90. The van der Waals surface area contributed by atoms with Gasteiger partial charge in [0.25, 0.3) is 0 Å². The van der Waals surface area contributed by atoms with E-state index in [1.165, 1.54) is 36.3 Å². The van der Waals surface area contributed by atoms with Gasteiger partial charge in [-0.25, -0.2) is 4.98 Å². The van der Waals surface area contributed by atoms with Gasteiger partial charge in [0, 0.05) is 12.6 Å². The highest BCUT2D eigenvalue weighted by atomic mass is 79.9. The fraction of sp³-hybridized carbons (Fsp3) is 0.500. The molecule has 4 heteroatoms. The van der Waals surface area contributed by atoms with Crippen molar-refractivity contribution in [2.75, 3.05) is 13.1 Å². The molecule has 2 aromatic heterocycles. The maximum absolute atomic E-state index is 4.70. The summed E-state index contributed by atoms with van der Waals surface area (Å²) >= 11 is 3.59. The summed E-state index contributed by atoms with van der Waals surface area (Å²) in [6, 6.07) is 4.23. The van der Waals surface area contributed by atoms with Crippen LogP contribution in [0.15, 0.2) is 22.9 Å². The molecule has 0 bridgehead atoms. The molecule has 1 unspecified atom stereocenters. The van der Waals surface area contributed by atoms with Crippen LogP contribution in [0.5, 0.6) is 0 Å². The Hall–Kier alpha value is -0.870. The molecule has 1 aliphatic rings. The molecule has 3 rings (SSSR count). The number of aryl methyl sites for hydroxylation is 1. The van der Waals surface area contributed by atoms with Crippen LogP contribution in [0.4, 0.5) is 0 Å². The zero-order chi connectivity index (χ0) is 12.5. The quantitative estimate of drug-likeness (QED) is 0.924. The van der Waals surface area contributed by atoms with E-state index >= 15 is 0 Å². The maximum Gasteiger partial charge on any atom is 0.132 e. The summed E-state index contributed by atoms with van der Waals surface area (Å²) in [4.78, 5) is 4.70. The molecule has 1 fully saturated rings. The monoisotopic (exact) mass is 307 g/mol. The highest BCUT2D eigenvalue weighted by Gasteiger charge is 2.18. The lowest BCUT2D eigenvalue weighted by atomic mass is 9.96. The summed E-state index contributed by atoms with van der Waals surface area (Å²) < 4.78 is 3.20. The summed E-state index contributed by atoms with van der Waals surface area (Å²) in [6.07, 6.45) is 5.77. The first-order valence-electron chi connectivity index (χ1n) is 6.58. The lowest BCUT2D eigenvalue weighted by Gasteiger charge is -2.22. The number of hydrogen-bond donors (Lipinski definition) is 1. The van der Waals surface area contributed by atoms with E-state index in [2.05, 4.69) is 50.9 Å². The number of halogens is 1. The van der Waals surface area contributed by atoms with Crippen molar-refractivity contribution in [1.29, 1.82) is 0 Å². The third-order valence-electron chi connectivity index (χ3n) is 3.77. The van der Waals surface area contributed by atoms with E-state index in [9.17, 15) is 0 Å². The van der Waals surface area contributed by atoms with Crippen LogP contribution in [-0.2, 0) is 6.42 Å². The first-order chi connectivity index (χ1) is 8.75. The van der Waals surface area contributed by atoms with Crippen LogP contribution < -0.4 is 5.32 Å². The number of fused-ring (bicyclic) bond motifs is 1. The van der Waals surface area contributed by atoms with Crippen molar-refractivity contribution in [2.24, 2.45) is 5.92 Å². The van der Waals surface area contributed by atoms with Crippen LogP contribution in [0, 0.1) is 12.8 Å². The predicted octanol–water partition coefficient (Wildman–Crippen LogP) is 2.95. The smallest absolute Gasteiger partial charge is 0.132 e. The molecule has 3 nitrogen and oxygen atoms in total. The molecule has 2 aromatic rings. The summed E-state index contributed by atoms with van der Waals surface area (Å²) in [7, 11) is 0. The molecule has 3 heterocycles. The number of imidazole rings is 1. The molecule has 0 spiro atoms. The minimum absolute atomic E-state index is 0.719. The van der Waals surface area contributed by atoms with Crippen LogP contribution in [0.2, 0.25) is 0 Å². The highest BCUT2D eigenvalue weighted by molar-refractivity contribution is 9.10. The van der Waals surface area contributed by atoms with E-state index in [4.69, 9.17) is 4.98 Å². The topological polar surface area (TPSA) is 29.3 Å². The summed E-state index contributed by atoms with van der Waals surface area (Å²) in [6.45, 7) is 4.42. The Bertz CT molecular complexity index is 555. The Labute approximate surface area is 116 Å². The van der Waals surface area contributed by atoms with Gasteiger partial charge >= 0.3 is 0 Å². The van der Waals surface area contributed by atoms with Crippen LogP contribution in [0.25, 0.3) is 5.52 Å². The molecule has 0 saturated carbocycles. The second kappa shape index (κ2) is 5.02. The first kappa shape index (κ1) is 12.2. The molecule has 1 aliphatic heterocycles. The molecule has 1 atom stereocenters. The van der Waals surface area contributed by atoms with Crippen molar-refractivity contribution in [2.45, 2.75) is 26.2 Å². The highest BCUT2D eigenvalue weighted by Crippen LogP contribution is 2.24. The summed E-state index contributed by atoms with van der Waals surface area (Å²) in [5.41, 5.74) is 2.47. The molecule has 18 heavy (non-hydrogen) atoms. The molecule has 0 aromatic carbocycles. The Morgan fingerprint density at radius 3 is 3.22 bits per heavy atom.